The van der Waals surface area contributed by atoms with E-state index >= 15 is 0 Å². The van der Waals surface area contributed by atoms with E-state index < -0.39 is 0 Å². The van der Waals surface area contributed by atoms with Crippen LogP contribution in [0.3, 0.4) is 0 Å². The molecule has 6 heteroatoms. The van der Waals surface area contributed by atoms with Crippen LogP contribution in [0.25, 0.3) is 0 Å². The number of anilines is 1. The first-order chi connectivity index (χ1) is 4.70. The second-order valence-electron chi connectivity index (χ2n) is 2.13. The van der Waals surface area contributed by atoms with Gasteiger partial charge in [0.25, 0.3) is 0 Å². The minimum absolute atomic E-state index is 0. The van der Waals surface area contributed by atoms with Gasteiger partial charge in [0.05, 0.1) is 6.04 Å². The van der Waals surface area contributed by atoms with E-state index in [2.05, 4.69) is 9.97 Å². The summed E-state index contributed by atoms with van der Waals surface area (Å²) >= 11 is 0. The van der Waals surface area contributed by atoms with Crippen LogP contribution < -0.4 is 11.5 Å². The predicted octanol–water partition coefficient (Wildman–Crippen LogP) is 0.922. The molecule has 1 unspecified atom stereocenters. The molecule has 1 aromatic rings. The molecule has 0 amide bonds. The number of hydrogen-bond acceptors (Lipinski definition) is 4. The number of rotatable bonds is 1. The van der Waals surface area contributed by atoms with Gasteiger partial charge in [0.15, 0.2) is 0 Å². The Morgan fingerprint density at radius 3 is 2.33 bits per heavy atom. The molecule has 1 rings (SSSR count). The van der Waals surface area contributed by atoms with Crippen LogP contribution >= 0.6 is 24.8 Å². The van der Waals surface area contributed by atoms with E-state index in [4.69, 9.17) is 11.5 Å². The van der Waals surface area contributed by atoms with Crippen molar-refractivity contribution in [1.29, 1.82) is 0 Å². The molecule has 1 aromatic heterocycles. The SMILES string of the molecule is CC(N)c1nccc(N)n1.Cl.Cl. The molecule has 0 aliphatic rings. The average Bonchev–Trinajstić information content (AvgIpc) is 1.88. The Morgan fingerprint density at radius 2 is 2.00 bits per heavy atom. The Morgan fingerprint density at radius 1 is 1.42 bits per heavy atom. The molecular weight excluding hydrogens is 199 g/mol. The van der Waals surface area contributed by atoms with Crippen LogP contribution in [-0.4, -0.2) is 9.97 Å². The fourth-order valence-electron chi connectivity index (χ4n) is 0.608. The number of nitrogens with zero attached hydrogens (tertiary/aromatic N) is 2. The highest BCUT2D eigenvalue weighted by molar-refractivity contribution is 5.85. The Hall–Kier alpha value is -0.580. The maximum absolute atomic E-state index is 5.50. The average molecular weight is 211 g/mol. The third-order valence-corrected chi connectivity index (χ3v) is 1.10. The van der Waals surface area contributed by atoms with Gasteiger partial charge < -0.3 is 11.5 Å². The summed E-state index contributed by atoms with van der Waals surface area (Å²) in [5.41, 5.74) is 10.9. The van der Waals surface area contributed by atoms with Crippen LogP contribution in [-0.2, 0) is 0 Å². The highest BCUT2D eigenvalue weighted by Gasteiger charge is 2.00. The number of nitrogens with two attached hydrogens (primary N) is 2. The smallest absolute Gasteiger partial charge is 0.147 e. The van der Waals surface area contributed by atoms with Gasteiger partial charge in [0.1, 0.15) is 11.6 Å². The standard InChI is InChI=1S/C6H10N4.2ClH/c1-4(7)6-9-3-2-5(8)10-6;;/h2-4H,7H2,1H3,(H2,8,9,10);2*1H. The van der Waals surface area contributed by atoms with Gasteiger partial charge in [-0.3, -0.25) is 0 Å². The quantitative estimate of drug-likeness (QED) is 0.724. The Labute approximate surface area is 83.6 Å². The molecule has 0 saturated carbocycles. The van der Waals surface area contributed by atoms with E-state index in [1.165, 1.54) is 0 Å². The summed E-state index contributed by atoms with van der Waals surface area (Å²) in [6.07, 6.45) is 1.60. The van der Waals surface area contributed by atoms with Crippen molar-refractivity contribution in [2.75, 3.05) is 5.73 Å². The lowest BCUT2D eigenvalue weighted by atomic mass is 10.3. The molecule has 4 N–H and O–H groups in total. The molecule has 1 atom stereocenters. The lowest BCUT2D eigenvalue weighted by Crippen LogP contribution is -2.10. The summed E-state index contributed by atoms with van der Waals surface area (Å²) in [5, 5.41) is 0. The second kappa shape index (κ2) is 5.99. The summed E-state index contributed by atoms with van der Waals surface area (Å²) in [4.78, 5) is 7.84. The molecule has 0 spiro atoms. The van der Waals surface area contributed by atoms with E-state index in [1.807, 2.05) is 6.92 Å². The van der Waals surface area contributed by atoms with E-state index in [0.29, 0.717) is 11.6 Å². The molecular formula is C6H12Cl2N4. The zero-order valence-electron chi connectivity index (χ0n) is 6.60. The lowest BCUT2D eigenvalue weighted by Gasteiger charge is -2.01. The zero-order chi connectivity index (χ0) is 7.56. The zero-order valence-corrected chi connectivity index (χ0v) is 8.23. The molecule has 70 valence electrons. The van der Waals surface area contributed by atoms with Crippen molar-refractivity contribution in [3.8, 4) is 0 Å². The Bertz CT molecular complexity index is 229. The molecule has 0 saturated heterocycles. The van der Waals surface area contributed by atoms with Crippen LogP contribution in [0.4, 0.5) is 5.82 Å². The maximum atomic E-state index is 5.50. The minimum atomic E-state index is -0.150. The van der Waals surface area contributed by atoms with Gasteiger partial charge in [-0.2, -0.15) is 0 Å². The first kappa shape index (κ1) is 14.0. The fourth-order valence-corrected chi connectivity index (χ4v) is 0.608. The largest absolute Gasteiger partial charge is 0.384 e. The summed E-state index contributed by atoms with van der Waals surface area (Å²) in [5.74, 6) is 1.04. The monoisotopic (exact) mass is 210 g/mol. The van der Waals surface area contributed by atoms with Crippen LogP contribution in [0.1, 0.15) is 18.8 Å². The summed E-state index contributed by atoms with van der Waals surface area (Å²) in [7, 11) is 0. The molecule has 0 aromatic carbocycles. The van der Waals surface area contributed by atoms with Crippen LogP contribution in [0.15, 0.2) is 12.3 Å². The van der Waals surface area contributed by atoms with Crippen molar-refractivity contribution in [3.05, 3.63) is 18.1 Å². The van der Waals surface area contributed by atoms with Gasteiger partial charge in [-0.25, -0.2) is 9.97 Å². The fraction of sp³-hybridized carbons (Fsp3) is 0.333. The predicted molar refractivity (Wildman–Crippen MR) is 53.5 cm³/mol. The maximum Gasteiger partial charge on any atom is 0.147 e. The van der Waals surface area contributed by atoms with Crippen molar-refractivity contribution in [3.63, 3.8) is 0 Å². The van der Waals surface area contributed by atoms with E-state index in [0.717, 1.165) is 0 Å². The highest BCUT2D eigenvalue weighted by atomic mass is 35.5. The van der Waals surface area contributed by atoms with Crippen molar-refractivity contribution in [1.82, 2.24) is 9.97 Å². The van der Waals surface area contributed by atoms with Crippen molar-refractivity contribution >= 4 is 30.6 Å². The molecule has 1 heterocycles. The van der Waals surface area contributed by atoms with Crippen molar-refractivity contribution < 1.29 is 0 Å². The lowest BCUT2D eigenvalue weighted by molar-refractivity contribution is 0.741. The van der Waals surface area contributed by atoms with Gasteiger partial charge in [-0.15, -0.1) is 24.8 Å². The van der Waals surface area contributed by atoms with E-state index in [1.54, 1.807) is 12.3 Å². The van der Waals surface area contributed by atoms with Crippen LogP contribution in [0.2, 0.25) is 0 Å². The second-order valence-corrected chi connectivity index (χ2v) is 2.13. The third-order valence-electron chi connectivity index (χ3n) is 1.10. The van der Waals surface area contributed by atoms with Gasteiger partial charge >= 0.3 is 0 Å². The number of hydrogen-bond donors (Lipinski definition) is 2. The van der Waals surface area contributed by atoms with Crippen molar-refractivity contribution in [2.45, 2.75) is 13.0 Å². The molecule has 0 fully saturated rings. The minimum Gasteiger partial charge on any atom is -0.384 e. The molecule has 0 aliphatic heterocycles. The normalized spacial score (nSPS) is 10.8. The highest BCUT2D eigenvalue weighted by Crippen LogP contribution is 2.02. The van der Waals surface area contributed by atoms with Gasteiger partial charge in [0.2, 0.25) is 0 Å². The Kier molecular flexibility index (Phi) is 6.98. The topological polar surface area (TPSA) is 77.8 Å². The molecule has 0 aliphatic carbocycles. The summed E-state index contributed by atoms with van der Waals surface area (Å²) in [6.45, 7) is 1.81. The van der Waals surface area contributed by atoms with Crippen molar-refractivity contribution in [2.24, 2.45) is 5.73 Å². The summed E-state index contributed by atoms with van der Waals surface area (Å²) in [6, 6.07) is 1.48. The number of halogens is 2. The van der Waals surface area contributed by atoms with Crippen LogP contribution in [0.5, 0.6) is 0 Å². The van der Waals surface area contributed by atoms with E-state index in [9.17, 15) is 0 Å². The Balaban J connectivity index is 0. The third kappa shape index (κ3) is 3.71. The van der Waals surface area contributed by atoms with E-state index in [-0.39, 0.29) is 30.9 Å². The molecule has 4 nitrogen and oxygen atoms in total. The molecule has 0 radical (unpaired) electrons. The van der Waals surface area contributed by atoms with Gasteiger partial charge in [-0.05, 0) is 13.0 Å². The molecule has 12 heavy (non-hydrogen) atoms. The number of nitrogen functional groups attached to an aromatic ring is 1. The van der Waals surface area contributed by atoms with Gasteiger partial charge in [0, 0.05) is 6.20 Å². The first-order valence-electron chi connectivity index (χ1n) is 3.04. The first-order valence-corrected chi connectivity index (χ1v) is 3.04. The number of aromatic nitrogens is 2. The molecule has 0 bridgehead atoms. The summed E-state index contributed by atoms with van der Waals surface area (Å²) < 4.78 is 0. The van der Waals surface area contributed by atoms with Gasteiger partial charge in [-0.1, -0.05) is 0 Å². The van der Waals surface area contributed by atoms with Crippen LogP contribution in [0, 0.1) is 0 Å².